The molecule has 0 spiro atoms. The monoisotopic (exact) mass is 347 g/mol. The molecular weight excluding hydrogens is 325 g/mol. The van der Waals surface area contributed by atoms with Gasteiger partial charge in [-0.15, -0.1) is 11.3 Å². The van der Waals surface area contributed by atoms with Crippen LogP contribution in [0.2, 0.25) is 0 Å². The van der Waals surface area contributed by atoms with Gasteiger partial charge in [-0.3, -0.25) is 15.0 Å². The number of nitrogens with one attached hydrogen (secondary N) is 1. The molecule has 0 saturated carbocycles. The van der Waals surface area contributed by atoms with Gasteiger partial charge in [-0.1, -0.05) is 13.8 Å². The van der Waals surface area contributed by atoms with Gasteiger partial charge in [-0.2, -0.15) is 0 Å². The van der Waals surface area contributed by atoms with Crippen molar-refractivity contribution in [3.05, 3.63) is 46.7 Å². The van der Waals surface area contributed by atoms with E-state index in [1.165, 1.54) is 42.0 Å². The van der Waals surface area contributed by atoms with E-state index in [1.807, 2.05) is 5.38 Å². The molecule has 1 aromatic carbocycles. The number of hydrogen-bond donors (Lipinski definition) is 1. The van der Waals surface area contributed by atoms with E-state index >= 15 is 0 Å². The first-order valence-electron chi connectivity index (χ1n) is 8.23. The number of nitrogens with zero attached hydrogens (tertiary/aromatic N) is 2. The summed E-state index contributed by atoms with van der Waals surface area (Å²) in [5, 5.41) is 5.35. The average Bonchev–Trinajstić information content (AvgIpc) is 2.93. The standard InChI is InChI=1S/C18H22FN3OS/c1-12-7-13(2)9-22(8-12)10-16-11-24-18(20-16)21-17(23)14-3-5-15(19)6-4-14/h3-6,11-13H,7-10H2,1-2H3,(H,20,21,23). The second-order valence-corrected chi connectivity index (χ2v) is 7.60. The molecule has 6 heteroatoms. The topological polar surface area (TPSA) is 45.2 Å². The van der Waals surface area contributed by atoms with Crippen LogP contribution in [0.5, 0.6) is 0 Å². The minimum absolute atomic E-state index is 0.267. The number of thiazole rings is 1. The molecular formula is C18H22FN3OS. The van der Waals surface area contributed by atoms with Gasteiger partial charge in [-0.25, -0.2) is 9.37 Å². The van der Waals surface area contributed by atoms with E-state index in [9.17, 15) is 9.18 Å². The van der Waals surface area contributed by atoms with Gasteiger partial charge < -0.3 is 0 Å². The van der Waals surface area contributed by atoms with Crippen LogP contribution in [0.15, 0.2) is 29.6 Å². The van der Waals surface area contributed by atoms with Crippen LogP contribution in [0.25, 0.3) is 0 Å². The SMILES string of the molecule is CC1CC(C)CN(Cc2csc(NC(=O)c3ccc(F)cc3)n2)C1. The van der Waals surface area contributed by atoms with Crippen molar-refractivity contribution < 1.29 is 9.18 Å². The lowest BCUT2D eigenvalue weighted by Crippen LogP contribution is -2.38. The molecule has 2 aromatic rings. The fourth-order valence-corrected chi connectivity index (χ4v) is 4.05. The van der Waals surface area contributed by atoms with Crippen molar-refractivity contribution >= 4 is 22.4 Å². The normalized spacial score (nSPS) is 21.6. The van der Waals surface area contributed by atoms with Gasteiger partial charge in [0.15, 0.2) is 5.13 Å². The van der Waals surface area contributed by atoms with Gasteiger partial charge >= 0.3 is 0 Å². The summed E-state index contributed by atoms with van der Waals surface area (Å²) in [5.41, 5.74) is 1.41. The van der Waals surface area contributed by atoms with Crippen molar-refractivity contribution in [3.63, 3.8) is 0 Å². The quantitative estimate of drug-likeness (QED) is 0.909. The summed E-state index contributed by atoms with van der Waals surface area (Å²) in [4.78, 5) is 19.1. The zero-order valence-corrected chi connectivity index (χ0v) is 14.8. The van der Waals surface area contributed by atoms with Gasteiger partial charge in [0.25, 0.3) is 5.91 Å². The molecule has 1 aromatic heterocycles. The van der Waals surface area contributed by atoms with Gasteiger partial charge in [0.1, 0.15) is 5.82 Å². The van der Waals surface area contributed by atoms with Gasteiger partial charge in [0.05, 0.1) is 5.69 Å². The van der Waals surface area contributed by atoms with Gasteiger partial charge in [-0.05, 0) is 42.5 Å². The first-order valence-corrected chi connectivity index (χ1v) is 9.11. The highest BCUT2D eigenvalue weighted by atomic mass is 32.1. The molecule has 128 valence electrons. The Morgan fingerprint density at radius 3 is 2.62 bits per heavy atom. The highest BCUT2D eigenvalue weighted by Gasteiger charge is 2.22. The average molecular weight is 347 g/mol. The van der Waals surface area contributed by atoms with Gasteiger partial charge in [0.2, 0.25) is 0 Å². The van der Waals surface area contributed by atoms with E-state index < -0.39 is 0 Å². The molecule has 1 saturated heterocycles. The number of amides is 1. The molecule has 0 radical (unpaired) electrons. The second kappa shape index (κ2) is 7.40. The summed E-state index contributed by atoms with van der Waals surface area (Å²) in [5.74, 6) is 0.805. The Balaban J connectivity index is 1.59. The first-order chi connectivity index (χ1) is 11.5. The number of likely N-dealkylation sites (tertiary alicyclic amines) is 1. The first kappa shape index (κ1) is 17.0. The minimum atomic E-state index is -0.354. The predicted octanol–water partition coefficient (Wildman–Crippen LogP) is 4.01. The zero-order valence-electron chi connectivity index (χ0n) is 14.0. The Hall–Kier alpha value is -1.79. The number of halogens is 1. The molecule has 1 fully saturated rings. The summed E-state index contributed by atoms with van der Waals surface area (Å²) in [6, 6.07) is 5.49. The van der Waals surface area contributed by atoms with Gasteiger partial charge in [0, 0.05) is 30.6 Å². The molecule has 2 heterocycles. The lowest BCUT2D eigenvalue weighted by atomic mass is 9.92. The Morgan fingerprint density at radius 2 is 1.96 bits per heavy atom. The van der Waals surface area contributed by atoms with Crippen LogP contribution in [0.3, 0.4) is 0 Å². The van der Waals surface area contributed by atoms with E-state index in [4.69, 9.17) is 0 Å². The van der Waals surface area contributed by atoms with Crippen LogP contribution in [-0.4, -0.2) is 28.9 Å². The summed E-state index contributed by atoms with van der Waals surface area (Å²) in [7, 11) is 0. The van der Waals surface area contributed by atoms with E-state index in [0.29, 0.717) is 22.5 Å². The van der Waals surface area contributed by atoms with Crippen molar-refractivity contribution in [2.45, 2.75) is 26.8 Å². The van der Waals surface area contributed by atoms with Crippen LogP contribution in [0.4, 0.5) is 9.52 Å². The molecule has 1 N–H and O–H groups in total. The third-order valence-corrected chi connectivity index (χ3v) is 5.02. The van der Waals surface area contributed by atoms with Crippen molar-refractivity contribution in [2.24, 2.45) is 11.8 Å². The molecule has 1 aliphatic rings. The molecule has 2 atom stereocenters. The number of rotatable bonds is 4. The molecule has 24 heavy (non-hydrogen) atoms. The van der Waals surface area contributed by atoms with Crippen LogP contribution in [0, 0.1) is 17.7 Å². The molecule has 0 aliphatic carbocycles. The van der Waals surface area contributed by atoms with Crippen LogP contribution < -0.4 is 5.32 Å². The molecule has 4 nitrogen and oxygen atoms in total. The minimum Gasteiger partial charge on any atom is -0.298 e. The summed E-state index contributed by atoms with van der Waals surface area (Å²) >= 11 is 1.42. The lowest BCUT2D eigenvalue weighted by molar-refractivity contribution is 0.102. The number of hydrogen-bond acceptors (Lipinski definition) is 4. The van der Waals surface area contributed by atoms with E-state index in [2.05, 4.69) is 29.0 Å². The Morgan fingerprint density at radius 1 is 1.29 bits per heavy atom. The van der Waals surface area contributed by atoms with Crippen LogP contribution in [0.1, 0.15) is 36.3 Å². The number of anilines is 1. The predicted molar refractivity (Wildman–Crippen MR) is 94.7 cm³/mol. The zero-order chi connectivity index (χ0) is 17.1. The number of carbonyl (C=O) groups excluding carboxylic acids is 1. The molecule has 1 amide bonds. The maximum absolute atomic E-state index is 12.9. The maximum Gasteiger partial charge on any atom is 0.257 e. The summed E-state index contributed by atoms with van der Waals surface area (Å²) < 4.78 is 12.9. The third-order valence-electron chi connectivity index (χ3n) is 4.21. The maximum atomic E-state index is 12.9. The Labute approximate surface area is 145 Å². The highest BCUT2D eigenvalue weighted by Crippen LogP contribution is 2.24. The highest BCUT2D eigenvalue weighted by molar-refractivity contribution is 7.13. The number of benzene rings is 1. The number of carbonyl (C=O) groups is 1. The van der Waals surface area contributed by atoms with Crippen molar-refractivity contribution in [1.82, 2.24) is 9.88 Å². The fourth-order valence-electron chi connectivity index (χ4n) is 3.36. The van der Waals surface area contributed by atoms with Crippen LogP contribution in [-0.2, 0) is 6.54 Å². The van der Waals surface area contributed by atoms with E-state index in [1.54, 1.807) is 0 Å². The molecule has 2 unspecified atom stereocenters. The summed E-state index contributed by atoms with van der Waals surface area (Å²) in [6.45, 7) is 7.59. The number of aromatic nitrogens is 1. The smallest absolute Gasteiger partial charge is 0.257 e. The fraction of sp³-hybridized carbons (Fsp3) is 0.444. The lowest BCUT2D eigenvalue weighted by Gasteiger charge is -2.34. The summed E-state index contributed by atoms with van der Waals surface area (Å²) in [6.07, 6.45) is 1.28. The van der Waals surface area contributed by atoms with E-state index in [-0.39, 0.29) is 11.7 Å². The Bertz CT molecular complexity index is 691. The molecule has 1 aliphatic heterocycles. The van der Waals surface area contributed by atoms with Crippen molar-refractivity contribution in [3.8, 4) is 0 Å². The second-order valence-electron chi connectivity index (χ2n) is 6.75. The largest absolute Gasteiger partial charge is 0.298 e. The molecule has 3 rings (SSSR count). The number of piperidine rings is 1. The van der Waals surface area contributed by atoms with Crippen LogP contribution >= 0.6 is 11.3 Å². The van der Waals surface area contributed by atoms with Crippen molar-refractivity contribution in [1.29, 1.82) is 0 Å². The Kier molecular flexibility index (Phi) is 5.26. The van der Waals surface area contributed by atoms with E-state index in [0.717, 1.165) is 25.3 Å². The molecule has 0 bridgehead atoms. The van der Waals surface area contributed by atoms with Crippen molar-refractivity contribution in [2.75, 3.05) is 18.4 Å². The third kappa shape index (κ3) is 4.39.